The third kappa shape index (κ3) is 4.88. The van der Waals surface area contributed by atoms with E-state index in [0.717, 1.165) is 0 Å². The molecule has 0 bridgehead atoms. The number of nitrogens with one attached hydrogen (secondary N) is 1. The van der Waals surface area contributed by atoms with Crippen LogP contribution in [0.1, 0.15) is 6.92 Å². The molecule has 0 amide bonds. The van der Waals surface area contributed by atoms with Crippen LogP contribution in [-0.4, -0.2) is 12.0 Å². The van der Waals surface area contributed by atoms with E-state index in [1.165, 1.54) is 6.92 Å². The van der Waals surface area contributed by atoms with Crippen molar-refractivity contribution in [1.29, 1.82) is 0 Å². The van der Waals surface area contributed by atoms with Gasteiger partial charge in [0, 0.05) is 11.8 Å². The molecule has 120 valence electrons. The van der Waals surface area contributed by atoms with Crippen molar-refractivity contribution >= 4 is 11.5 Å². The van der Waals surface area contributed by atoms with Crippen LogP contribution in [0.15, 0.2) is 66.4 Å². The van der Waals surface area contributed by atoms with Crippen LogP contribution < -0.4 is 10.1 Å². The summed E-state index contributed by atoms with van der Waals surface area (Å²) in [4.78, 5) is 11.0. The number of hydrogen-bond acceptors (Lipinski definition) is 3. The van der Waals surface area contributed by atoms with Crippen molar-refractivity contribution in [2.45, 2.75) is 13.1 Å². The Kier molecular flexibility index (Phi) is 5.05. The molecule has 0 aliphatic carbocycles. The fraction of sp³-hybridized carbons (Fsp3) is 0.118. The fourth-order valence-electron chi connectivity index (χ4n) is 1.80. The lowest BCUT2D eigenvalue weighted by Gasteiger charge is -2.13. The lowest BCUT2D eigenvalue weighted by molar-refractivity contribution is -0.165. The quantitative estimate of drug-likeness (QED) is 0.794. The van der Waals surface area contributed by atoms with Crippen LogP contribution in [0, 0.1) is 0 Å². The first kappa shape index (κ1) is 16.6. The van der Waals surface area contributed by atoms with E-state index < -0.39 is 12.0 Å². The highest BCUT2D eigenvalue weighted by atomic mass is 19.4. The van der Waals surface area contributed by atoms with Gasteiger partial charge in [0.25, 0.3) is 5.78 Å². The smallest absolute Gasteiger partial charge is 0.454 e. The number of rotatable bonds is 5. The van der Waals surface area contributed by atoms with Crippen LogP contribution in [0.5, 0.6) is 11.5 Å². The number of carbonyl (C=O) groups is 1. The maximum Gasteiger partial charge on any atom is 0.454 e. The molecule has 0 heterocycles. The second-order valence-corrected chi connectivity index (χ2v) is 4.73. The molecule has 0 unspecified atom stereocenters. The lowest BCUT2D eigenvalue weighted by atomic mass is 10.2. The Morgan fingerprint density at radius 3 is 2.30 bits per heavy atom. The van der Waals surface area contributed by atoms with Gasteiger partial charge in [-0.15, -0.1) is 0 Å². The highest BCUT2D eigenvalue weighted by Gasteiger charge is 2.36. The highest BCUT2D eigenvalue weighted by Crippen LogP contribution is 2.30. The average molecular weight is 321 g/mol. The van der Waals surface area contributed by atoms with Crippen molar-refractivity contribution in [3.05, 3.63) is 66.4 Å². The zero-order chi connectivity index (χ0) is 16.9. The number of allylic oxidation sites excluding steroid dienone is 2. The van der Waals surface area contributed by atoms with E-state index >= 15 is 0 Å². The maximum absolute atomic E-state index is 12.3. The Balaban J connectivity index is 2.18. The summed E-state index contributed by atoms with van der Waals surface area (Å²) >= 11 is 0. The Morgan fingerprint density at radius 1 is 1.04 bits per heavy atom. The molecular weight excluding hydrogens is 307 g/mol. The first-order valence-electron chi connectivity index (χ1n) is 6.74. The van der Waals surface area contributed by atoms with E-state index in [-0.39, 0.29) is 5.70 Å². The molecule has 2 rings (SSSR count). The van der Waals surface area contributed by atoms with Crippen LogP contribution in [0.2, 0.25) is 0 Å². The van der Waals surface area contributed by atoms with Crippen molar-refractivity contribution in [2.75, 3.05) is 5.32 Å². The number of hydrogen-bond donors (Lipinski definition) is 1. The van der Waals surface area contributed by atoms with Gasteiger partial charge in [-0.25, -0.2) is 0 Å². The minimum atomic E-state index is -4.89. The minimum Gasteiger partial charge on any atom is -0.455 e. The zero-order valence-electron chi connectivity index (χ0n) is 12.2. The zero-order valence-corrected chi connectivity index (χ0v) is 12.2. The van der Waals surface area contributed by atoms with E-state index in [4.69, 9.17) is 4.74 Å². The molecular formula is C17H14F3NO2. The second kappa shape index (κ2) is 7.00. The number of ketones is 1. The monoisotopic (exact) mass is 321 g/mol. The summed E-state index contributed by atoms with van der Waals surface area (Å²) < 4.78 is 42.5. The molecule has 0 spiro atoms. The Morgan fingerprint density at radius 2 is 1.65 bits per heavy atom. The van der Waals surface area contributed by atoms with Crippen molar-refractivity contribution in [3.63, 3.8) is 0 Å². The van der Waals surface area contributed by atoms with Crippen molar-refractivity contribution in [2.24, 2.45) is 0 Å². The molecule has 0 radical (unpaired) electrons. The topological polar surface area (TPSA) is 38.3 Å². The molecule has 2 aromatic rings. The van der Waals surface area contributed by atoms with Gasteiger partial charge in [-0.1, -0.05) is 30.3 Å². The predicted octanol–water partition coefficient (Wildman–Crippen LogP) is 4.93. The van der Waals surface area contributed by atoms with Crippen LogP contribution in [0.3, 0.4) is 0 Å². The molecule has 23 heavy (non-hydrogen) atoms. The molecule has 0 aromatic heterocycles. The molecule has 3 nitrogen and oxygen atoms in total. The van der Waals surface area contributed by atoms with E-state index in [9.17, 15) is 18.0 Å². The van der Waals surface area contributed by atoms with E-state index in [0.29, 0.717) is 23.3 Å². The molecule has 0 aliphatic rings. The SMILES string of the molecule is C/C(=C\C(=O)C(F)(F)F)Nc1ccccc1Oc1ccccc1. The van der Waals surface area contributed by atoms with Crippen LogP contribution in [-0.2, 0) is 4.79 Å². The Hall–Kier alpha value is -2.76. The van der Waals surface area contributed by atoms with E-state index in [1.807, 2.05) is 6.07 Å². The summed E-state index contributed by atoms with van der Waals surface area (Å²) in [6, 6.07) is 15.7. The van der Waals surface area contributed by atoms with E-state index in [2.05, 4.69) is 5.32 Å². The second-order valence-electron chi connectivity index (χ2n) is 4.73. The summed E-state index contributed by atoms with van der Waals surface area (Å²) in [5, 5.41) is 2.75. The van der Waals surface area contributed by atoms with Gasteiger partial charge in [0.15, 0.2) is 5.75 Å². The van der Waals surface area contributed by atoms with Gasteiger partial charge in [0.05, 0.1) is 5.69 Å². The van der Waals surface area contributed by atoms with Crippen LogP contribution in [0.4, 0.5) is 18.9 Å². The minimum absolute atomic E-state index is 0.0661. The normalized spacial score (nSPS) is 11.9. The van der Waals surface area contributed by atoms with Gasteiger partial charge in [-0.2, -0.15) is 13.2 Å². The first-order chi connectivity index (χ1) is 10.9. The molecule has 0 aliphatic heterocycles. The van der Waals surface area contributed by atoms with Gasteiger partial charge in [0.2, 0.25) is 0 Å². The standard InChI is InChI=1S/C17H14F3NO2/c1-12(11-16(22)17(18,19)20)21-14-9-5-6-10-15(14)23-13-7-3-2-4-8-13/h2-11,21H,1H3/b12-11+. The van der Waals surface area contributed by atoms with Crippen molar-refractivity contribution < 1.29 is 22.7 Å². The number of benzene rings is 2. The summed E-state index contributed by atoms with van der Waals surface area (Å²) in [5.41, 5.74) is 0.525. The maximum atomic E-state index is 12.3. The number of halogens is 3. The first-order valence-corrected chi connectivity index (χ1v) is 6.74. The molecule has 0 saturated carbocycles. The fourth-order valence-corrected chi connectivity index (χ4v) is 1.80. The molecule has 0 saturated heterocycles. The molecule has 2 aromatic carbocycles. The van der Waals surface area contributed by atoms with Gasteiger partial charge in [-0.05, 0) is 31.2 Å². The largest absolute Gasteiger partial charge is 0.455 e. The van der Waals surface area contributed by atoms with Gasteiger partial charge in [-0.3, -0.25) is 4.79 Å². The number of alkyl halides is 3. The summed E-state index contributed by atoms with van der Waals surface area (Å²) in [6.07, 6.45) is -4.37. The number of carbonyl (C=O) groups excluding carboxylic acids is 1. The lowest BCUT2D eigenvalue weighted by Crippen LogP contribution is -2.21. The molecule has 0 atom stereocenters. The van der Waals surface area contributed by atoms with Crippen LogP contribution >= 0.6 is 0 Å². The third-order valence-corrected chi connectivity index (χ3v) is 2.82. The van der Waals surface area contributed by atoms with E-state index in [1.54, 1.807) is 48.5 Å². The summed E-state index contributed by atoms with van der Waals surface area (Å²) in [6.45, 7) is 1.38. The van der Waals surface area contributed by atoms with Crippen molar-refractivity contribution in [1.82, 2.24) is 0 Å². The Labute approximate surface area is 131 Å². The van der Waals surface area contributed by atoms with Gasteiger partial charge < -0.3 is 10.1 Å². The Bertz CT molecular complexity index is 709. The van der Waals surface area contributed by atoms with Gasteiger partial charge >= 0.3 is 6.18 Å². The predicted molar refractivity (Wildman–Crippen MR) is 81.4 cm³/mol. The number of anilines is 1. The summed E-state index contributed by atoms with van der Waals surface area (Å²) in [7, 11) is 0. The van der Waals surface area contributed by atoms with Gasteiger partial charge in [0.1, 0.15) is 5.75 Å². The molecule has 6 heteroatoms. The average Bonchev–Trinajstić information content (AvgIpc) is 2.49. The highest BCUT2D eigenvalue weighted by molar-refractivity contribution is 5.95. The third-order valence-electron chi connectivity index (χ3n) is 2.82. The number of ether oxygens (including phenoxy) is 1. The number of para-hydroxylation sites is 3. The summed E-state index contributed by atoms with van der Waals surface area (Å²) in [5.74, 6) is -0.885. The molecule has 1 N–H and O–H groups in total. The molecule has 0 fully saturated rings. The van der Waals surface area contributed by atoms with Crippen LogP contribution in [0.25, 0.3) is 0 Å². The van der Waals surface area contributed by atoms with Crippen molar-refractivity contribution in [3.8, 4) is 11.5 Å².